The van der Waals surface area contributed by atoms with Crippen LogP contribution in [0.1, 0.15) is 44.5 Å². The Hall–Kier alpha value is -11.1. The smallest absolute Gasteiger partial charge is 0.0714 e. The van der Waals surface area contributed by atoms with Gasteiger partial charge < -0.3 is 9.80 Å². The summed E-state index contributed by atoms with van der Waals surface area (Å²) in [5, 5.41) is 0. The molecule has 458 valence electrons. The molecule has 4 heteroatoms. The summed E-state index contributed by atoms with van der Waals surface area (Å²) in [6.07, 6.45) is 3.95. The minimum absolute atomic E-state index is 0.632. The lowest BCUT2D eigenvalue weighted by molar-refractivity contribution is 0.767. The highest BCUT2D eigenvalue weighted by Gasteiger charge is 2.48. The fourth-order valence-electron chi connectivity index (χ4n) is 15.0. The third-order valence-corrected chi connectivity index (χ3v) is 21.3. The van der Waals surface area contributed by atoms with Crippen LogP contribution < -0.4 is 9.80 Å². The molecule has 14 aromatic carbocycles. The zero-order valence-electron chi connectivity index (χ0n) is 53.2. The van der Waals surface area contributed by atoms with E-state index in [0.717, 1.165) is 56.8 Å². The van der Waals surface area contributed by atoms with E-state index in [0.29, 0.717) is 0 Å². The maximum Gasteiger partial charge on any atom is 0.0714 e. The van der Waals surface area contributed by atoms with Crippen molar-refractivity contribution in [1.29, 1.82) is 0 Å². The predicted octanol–water partition coefficient (Wildman–Crippen LogP) is 24.9. The molecular weight excluding hydrogens is 1200 g/mol. The van der Waals surface area contributed by atoms with Crippen LogP contribution in [-0.4, -0.2) is 11.5 Å². The molecule has 2 atom stereocenters. The van der Waals surface area contributed by atoms with Crippen molar-refractivity contribution in [2.75, 3.05) is 21.3 Å². The average Bonchev–Trinajstić information content (AvgIpc) is 1.53. The van der Waals surface area contributed by atoms with Crippen LogP contribution >= 0.6 is 23.5 Å². The van der Waals surface area contributed by atoms with E-state index in [-0.39, 0.29) is 0 Å². The van der Waals surface area contributed by atoms with Crippen LogP contribution in [0.15, 0.2) is 387 Å². The van der Waals surface area contributed by atoms with Gasteiger partial charge >= 0.3 is 0 Å². The highest BCUT2D eigenvalue weighted by Crippen LogP contribution is 2.60. The molecule has 0 aromatic heterocycles. The molecule has 2 aliphatic carbocycles. The molecule has 0 spiro atoms. The summed E-state index contributed by atoms with van der Waals surface area (Å²) in [7, 11) is 0. The minimum Gasteiger partial charge on any atom is -0.310 e. The number of nitrogens with zero attached hydrogens (tertiary/aromatic N) is 2. The summed E-state index contributed by atoms with van der Waals surface area (Å²) < 4.78 is 0. The second-order valence-corrected chi connectivity index (χ2v) is 26.8. The van der Waals surface area contributed by atoms with Crippen LogP contribution in [0.4, 0.5) is 34.1 Å². The fraction of sp³-hybridized carbons (Fsp3) is 0.0435. The molecule has 2 aliphatic rings. The van der Waals surface area contributed by atoms with Crippen molar-refractivity contribution in [3.8, 4) is 55.6 Å². The molecule has 14 aromatic rings. The highest BCUT2D eigenvalue weighted by molar-refractivity contribution is 7.99. The van der Waals surface area contributed by atoms with Crippen molar-refractivity contribution < 1.29 is 0 Å². The Bertz CT molecular complexity index is 4770. The first-order chi connectivity index (χ1) is 47.5. The standard InChI is InChI=1S/C92H68N2S2/c1-3-59-95-81-51-41-73(42-52-81)91(71-27-15-7-16-28-71)87-61-69(65-23-11-5-12-24-65)39-55-83(87)85-57-49-79(63-89(85)91)93(75-31-19-9-20-32-75)77-45-35-67(36-46-77)68-37-47-78(48-38-68)94(76-33-21-10-22-34-76)80-50-58-86-84-56-40-70(66-25-13-6-14-26-66)62-88(84)92(90(86)64-80,72-29-17-8-18-30-72)74-43-53-82(54-44-74)96-60-4-2/h3-58,61-64H,1-2,59-60H2. The normalized spacial score (nSPS) is 14.8. The van der Waals surface area contributed by atoms with Gasteiger partial charge in [-0.2, -0.15) is 0 Å². The number of benzene rings is 14. The van der Waals surface area contributed by atoms with Crippen molar-refractivity contribution in [3.05, 3.63) is 422 Å². The summed E-state index contributed by atoms with van der Waals surface area (Å²) in [6, 6.07) is 131. The number of anilines is 6. The van der Waals surface area contributed by atoms with Gasteiger partial charge in [-0.15, -0.1) is 36.7 Å². The monoisotopic (exact) mass is 1260 g/mol. The van der Waals surface area contributed by atoms with Gasteiger partial charge in [0, 0.05) is 55.4 Å². The Morgan fingerprint density at radius 2 is 0.500 bits per heavy atom. The first kappa shape index (κ1) is 59.8. The van der Waals surface area contributed by atoms with E-state index < -0.39 is 10.8 Å². The molecule has 0 saturated heterocycles. The van der Waals surface area contributed by atoms with Gasteiger partial charge in [0.1, 0.15) is 0 Å². The van der Waals surface area contributed by atoms with E-state index in [1.165, 1.54) is 98.8 Å². The molecule has 0 radical (unpaired) electrons. The van der Waals surface area contributed by atoms with Crippen molar-refractivity contribution in [2.45, 2.75) is 20.6 Å². The van der Waals surface area contributed by atoms with Gasteiger partial charge in [0.05, 0.1) is 10.8 Å². The van der Waals surface area contributed by atoms with E-state index in [2.05, 4.69) is 375 Å². The summed E-state index contributed by atoms with van der Waals surface area (Å²) in [5.74, 6) is 1.70. The van der Waals surface area contributed by atoms with Crippen LogP contribution in [0.5, 0.6) is 0 Å². The third kappa shape index (κ3) is 10.6. The van der Waals surface area contributed by atoms with Gasteiger partial charge in [-0.3, -0.25) is 0 Å². The van der Waals surface area contributed by atoms with Gasteiger partial charge in [-0.1, -0.05) is 255 Å². The molecule has 0 saturated carbocycles. The molecule has 2 nitrogen and oxygen atoms in total. The van der Waals surface area contributed by atoms with Crippen LogP contribution in [-0.2, 0) is 10.8 Å². The van der Waals surface area contributed by atoms with Gasteiger partial charge in [0.25, 0.3) is 0 Å². The lowest BCUT2D eigenvalue weighted by atomic mass is 9.67. The number of thioether (sulfide) groups is 2. The van der Waals surface area contributed by atoms with Gasteiger partial charge in [0.2, 0.25) is 0 Å². The fourth-order valence-corrected chi connectivity index (χ4v) is 16.3. The Balaban J connectivity index is 0.784. The van der Waals surface area contributed by atoms with Crippen molar-refractivity contribution >= 4 is 57.6 Å². The third-order valence-electron chi connectivity index (χ3n) is 19.3. The summed E-state index contributed by atoms with van der Waals surface area (Å²) >= 11 is 3.62. The first-order valence-electron chi connectivity index (χ1n) is 32.9. The largest absolute Gasteiger partial charge is 0.310 e. The lowest BCUT2D eigenvalue weighted by Gasteiger charge is -2.35. The van der Waals surface area contributed by atoms with Crippen molar-refractivity contribution in [3.63, 3.8) is 0 Å². The van der Waals surface area contributed by atoms with E-state index in [9.17, 15) is 0 Å². The van der Waals surface area contributed by atoms with Crippen LogP contribution in [0, 0.1) is 0 Å². The van der Waals surface area contributed by atoms with Gasteiger partial charge in [0.15, 0.2) is 0 Å². The molecule has 0 heterocycles. The topological polar surface area (TPSA) is 6.48 Å². The average molecular weight is 1270 g/mol. The zero-order chi connectivity index (χ0) is 64.4. The number of para-hydroxylation sites is 2. The van der Waals surface area contributed by atoms with Crippen molar-refractivity contribution in [2.24, 2.45) is 0 Å². The lowest BCUT2D eigenvalue weighted by Crippen LogP contribution is -2.29. The molecular formula is C92H68N2S2. The number of rotatable bonds is 19. The predicted molar refractivity (Wildman–Crippen MR) is 409 cm³/mol. The summed E-state index contributed by atoms with van der Waals surface area (Å²) in [6.45, 7) is 8.03. The summed E-state index contributed by atoms with van der Waals surface area (Å²) in [5.41, 5.74) is 27.2. The SMILES string of the molecule is C=CCSc1ccc(C2(c3ccccc3)c3cc(-c4ccccc4)ccc3-c3ccc(N(c4ccccc4)c4ccc(-c5ccc(N(c6ccccc6)c6ccc7c(c6)C(c6ccccc6)(c6ccc(SCC=C)cc6)c6cc(-c8ccccc8)ccc6-7)cc5)cc4)cc32)cc1. The van der Waals surface area contributed by atoms with Crippen molar-refractivity contribution in [1.82, 2.24) is 0 Å². The van der Waals surface area contributed by atoms with E-state index in [1.54, 1.807) is 0 Å². The van der Waals surface area contributed by atoms with E-state index in [4.69, 9.17) is 0 Å². The molecule has 0 fully saturated rings. The quantitative estimate of drug-likeness (QED) is 0.0588. The number of hydrogen-bond donors (Lipinski definition) is 0. The molecule has 16 rings (SSSR count). The molecule has 96 heavy (non-hydrogen) atoms. The van der Waals surface area contributed by atoms with E-state index in [1.807, 2.05) is 35.7 Å². The first-order valence-corrected chi connectivity index (χ1v) is 34.9. The maximum atomic E-state index is 4.01. The minimum atomic E-state index is -0.632. The summed E-state index contributed by atoms with van der Waals surface area (Å²) in [4.78, 5) is 7.27. The molecule has 0 amide bonds. The molecule has 2 unspecified atom stereocenters. The van der Waals surface area contributed by atoms with Crippen LogP contribution in [0.2, 0.25) is 0 Å². The second-order valence-electron chi connectivity index (χ2n) is 24.6. The zero-order valence-corrected chi connectivity index (χ0v) is 54.8. The molecule has 0 N–H and O–H groups in total. The Kier molecular flexibility index (Phi) is 16.2. The Morgan fingerprint density at radius 3 is 0.844 bits per heavy atom. The number of fused-ring (bicyclic) bond motifs is 6. The highest BCUT2D eigenvalue weighted by atomic mass is 32.2. The molecule has 0 bridgehead atoms. The Morgan fingerprint density at radius 1 is 0.240 bits per heavy atom. The maximum absolute atomic E-state index is 4.01. The van der Waals surface area contributed by atoms with Crippen LogP contribution in [0.3, 0.4) is 0 Å². The van der Waals surface area contributed by atoms with Gasteiger partial charge in [-0.05, 0) is 209 Å². The second kappa shape index (κ2) is 26.0. The number of hydrogen-bond acceptors (Lipinski definition) is 4. The van der Waals surface area contributed by atoms with Gasteiger partial charge in [-0.25, -0.2) is 0 Å². The Labute approximate surface area is 572 Å². The van der Waals surface area contributed by atoms with E-state index >= 15 is 0 Å². The molecule has 0 aliphatic heterocycles. The van der Waals surface area contributed by atoms with Crippen LogP contribution in [0.25, 0.3) is 55.6 Å².